The summed E-state index contributed by atoms with van der Waals surface area (Å²) in [6.45, 7) is 2.15. The number of nitrogens with zero attached hydrogens (tertiary/aromatic N) is 2. The third kappa shape index (κ3) is 4.21. The Hall–Kier alpha value is -2.32. The number of fused-ring (bicyclic) bond motifs is 1. The Morgan fingerprint density at radius 2 is 2.20 bits per heavy atom. The molecule has 1 heterocycles. The Labute approximate surface area is 152 Å². The van der Waals surface area contributed by atoms with Crippen LogP contribution in [-0.2, 0) is 22.4 Å². The molecule has 1 aromatic carbocycles. The first-order valence-electron chi connectivity index (χ1n) is 8.47. The second-order valence-corrected chi connectivity index (χ2v) is 6.97. The van der Waals surface area contributed by atoms with Gasteiger partial charge in [0.15, 0.2) is 0 Å². The maximum absolute atomic E-state index is 11.6. The lowest BCUT2D eigenvalue weighted by atomic mass is 9.82. The van der Waals surface area contributed by atoms with Crippen LogP contribution in [0.25, 0.3) is 0 Å². The van der Waals surface area contributed by atoms with Crippen LogP contribution in [-0.4, -0.2) is 23.3 Å². The lowest BCUT2D eigenvalue weighted by molar-refractivity contribution is -0.139. The van der Waals surface area contributed by atoms with Crippen LogP contribution in [0.3, 0.4) is 0 Å². The van der Waals surface area contributed by atoms with Crippen molar-refractivity contribution in [2.24, 2.45) is 0 Å². The van der Waals surface area contributed by atoms with Gasteiger partial charge in [-0.1, -0.05) is 42.1 Å². The molecule has 0 aliphatic heterocycles. The average Bonchev–Trinajstić information content (AvgIpc) is 2.66. The Bertz CT molecular complexity index is 799. The van der Waals surface area contributed by atoms with E-state index in [0.29, 0.717) is 23.1 Å². The van der Waals surface area contributed by atoms with Crippen molar-refractivity contribution in [1.29, 1.82) is 5.26 Å². The molecule has 0 radical (unpaired) electrons. The maximum Gasteiger partial charge on any atom is 0.316 e. The third-order valence-corrected chi connectivity index (χ3v) is 5.34. The van der Waals surface area contributed by atoms with Gasteiger partial charge in [0.2, 0.25) is 0 Å². The summed E-state index contributed by atoms with van der Waals surface area (Å²) in [7, 11) is 0. The number of hydrogen-bond donors (Lipinski definition) is 0. The molecular weight excluding hydrogens is 332 g/mol. The van der Waals surface area contributed by atoms with Crippen molar-refractivity contribution in [1.82, 2.24) is 4.98 Å². The van der Waals surface area contributed by atoms with E-state index in [-0.39, 0.29) is 11.7 Å². The second-order valence-electron chi connectivity index (χ2n) is 6.00. The van der Waals surface area contributed by atoms with Crippen molar-refractivity contribution in [2.45, 2.75) is 37.1 Å². The molecule has 0 amide bonds. The molecule has 5 heteroatoms. The van der Waals surface area contributed by atoms with Crippen LogP contribution in [0.15, 0.2) is 41.4 Å². The molecule has 2 aromatic rings. The van der Waals surface area contributed by atoms with Crippen LogP contribution in [0, 0.1) is 11.3 Å². The zero-order chi connectivity index (χ0) is 17.6. The molecule has 0 fully saturated rings. The molecule has 1 aliphatic rings. The van der Waals surface area contributed by atoms with Gasteiger partial charge in [-0.15, -0.1) is 0 Å². The van der Waals surface area contributed by atoms with Gasteiger partial charge in [-0.2, -0.15) is 5.26 Å². The summed E-state index contributed by atoms with van der Waals surface area (Å²) in [5.74, 6) is 0.376. The number of nitriles is 1. The standard InChI is InChI=1S/C20H20N2O2S/c1-2-24-19(23)13-25-20-17(12-21)11-16-10-15(8-9-18(16)22-20)14-6-4-3-5-7-14/h3-7,11,15H,2,8-10,13H2,1H3/t15-/m1/s1. The zero-order valence-electron chi connectivity index (χ0n) is 14.2. The molecule has 3 rings (SSSR count). The molecule has 1 aliphatic carbocycles. The number of benzene rings is 1. The summed E-state index contributed by atoms with van der Waals surface area (Å²) in [5.41, 5.74) is 4.09. The second kappa shape index (κ2) is 8.17. The topological polar surface area (TPSA) is 63.0 Å². The Morgan fingerprint density at radius 3 is 2.92 bits per heavy atom. The Kier molecular flexibility index (Phi) is 5.72. The van der Waals surface area contributed by atoms with Crippen molar-refractivity contribution in [3.05, 3.63) is 58.8 Å². The number of carbonyl (C=O) groups excluding carboxylic acids is 1. The van der Waals surface area contributed by atoms with Crippen molar-refractivity contribution < 1.29 is 9.53 Å². The van der Waals surface area contributed by atoms with E-state index in [0.717, 1.165) is 30.5 Å². The predicted octanol–water partition coefficient (Wildman–Crippen LogP) is 3.88. The van der Waals surface area contributed by atoms with E-state index in [2.05, 4.69) is 35.3 Å². The Balaban J connectivity index is 1.78. The van der Waals surface area contributed by atoms with Gasteiger partial charge < -0.3 is 4.74 Å². The molecule has 0 saturated carbocycles. The molecular formula is C20H20N2O2S. The minimum atomic E-state index is -0.278. The maximum atomic E-state index is 11.6. The first-order valence-corrected chi connectivity index (χ1v) is 9.46. The van der Waals surface area contributed by atoms with E-state index in [9.17, 15) is 10.1 Å². The van der Waals surface area contributed by atoms with Crippen molar-refractivity contribution in [2.75, 3.05) is 12.4 Å². The molecule has 4 nitrogen and oxygen atoms in total. The zero-order valence-corrected chi connectivity index (χ0v) is 15.0. The number of carbonyl (C=O) groups is 1. The SMILES string of the molecule is CCOC(=O)CSc1nc2c(cc1C#N)C[C@H](c1ccccc1)CC2. The van der Waals surface area contributed by atoms with Crippen LogP contribution >= 0.6 is 11.8 Å². The highest BCUT2D eigenvalue weighted by atomic mass is 32.2. The van der Waals surface area contributed by atoms with Crippen molar-refractivity contribution >= 4 is 17.7 Å². The summed E-state index contributed by atoms with van der Waals surface area (Å²) in [4.78, 5) is 16.2. The van der Waals surface area contributed by atoms with Crippen LogP contribution < -0.4 is 0 Å². The number of aryl methyl sites for hydroxylation is 1. The van der Waals surface area contributed by atoms with E-state index in [1.807, 2.05) is 12.1 Å². The largest absolute Gasteiger partial charge is 0.465 e. The van der Waals surface area contributed by atoms with E-state index in [1.165, 1.54) is 17.3 Å². The Morgan fingerprint density at radius 1 is 1.40 bits per heavy atom. The third-order valence-electron chi connectivity index (χ3n) is 4.38. The number of hydrogen-bond acceptors (Lipinski definition) is 5. The van der Waals surface area contributed by atoms with Gasteiger partial charge in [-0.3, -0.25) is 4.79 Å². The molecule has 1 atom stereocenters. The fraction of sp³-hybridized carbons (Fsp3) is 0.350. The van der Waals surface area contributed by atoms with Crippen LogP contribution in [0.4, 0.5) is 0 Å². The van der Waals surface area contributed by atoms with E-state index in [4.69, 9.17) is 4.74 Å². The number of pyridine rings is 1. The van der Waals surface area contributed by atoms with Gasteiger partial charge >= 0.3 is 5.97 Å². The summed E-state index contributed by atoms with van der Waals surface area (Å²) in [6.07, 6.45) is 2.86. The van der Waals surface area contributed by atoms with Gasteiger partial charge in [0, 0.05) is 5.69 Å². The van der Waals surface area contributed by atoms with Crippen molar-refractivity contribution in [3.8, 4) is 6.07 Å². The molecule has 0 spiro atoms. The number of aromatic nitrogens is 1. The molecule has 25 heavy (non-hydrogen) atoms. The van der Waals surface area contributed by atoms with Gasteiger partial charge in [-0.25, -0.2) is 4.98 Å². The molecule has 0 bridgehead atoms. The summed E-state index contributed by atoms with van der Waals surface area (Å²) in [5, 5.41) is 10.1. The minimum Gasteiger partial charge on any atom is -0.465 e. The molecule has 128 valence electrons. The summed E-state index contributed by atoms with van der Waals surface area (Å²) in [6, 6.07) is 14.7. The monoisotopic (exact) mass is 352 g/mol. The fourth-order valence-corrected chi connectivity index (χ4v) is 3.95. The van der Waals surface area contributed by atoms with E-state index >= 15 is 0 Å². The summed E-state index contributed by atoms with van der Waals surface area (Å²) >= 11 is 1.28. The van der Waals surface area contributed by atoms with Crippen LogP contribution in [0.1, 0.15) is 41.6 Å². The molecule has 0 N–H and O–H groups in total. The van der Waals surface area contributed by atoms with Gasteiger partial charge in [0.25, 0.3) is 0 Å². The normalized spacial score (nSPS) is 15.9. The average molecular weight is 352 g/mol. The number of ether oxygens (including phenoxy) is 1. The highest BCUT2D eigenvalue weighted by Gasteiger charge is 2.23. The smallest absolute Gasteiger partial charge is 0.316 e. The van der Waals surface area contributed by atoms with Crippen LogP contribution in [0.2, 0.25) is 0 Å². The first kappa shape index (κ1) is 17.5. The van der Waals surface area contributed by atoms with E-state index < -0.39 is 0 Å². The number of rotatable bonds is 5. The lowest BCUT2D eigenvalue weighted by Gasteiger charge is -2.25. The molecule has 0 saturated heterocycles. The highest BCUT2D eigenvalue weighted by Crippen LogP contribution is 2.34. The van der Waals surface area contributed by atoms with Crippen LogP contribution in [0.5, 0.6) is 0 Å². The van der Waals surface area contributed by atoms with Gasteiger partial charge in [0.05, 0.1) is 17.9 Å². The highest BCUT2D eigenvalue weighted by molar-refractivity contribution is 7.99. The number of thioether (sulfide) groups is 1. The summed E-state index contributed by atoms with van der Waals surface area (Å²) < 4.78 is 4.94. The molecule has 1 aromatic heterocycles. The lowest BCUT2D eigenvalue weighted by Crippen LogP contribution is -2.15. The minimum absolute atomic E-state index is 0.181. The van der Waals surface area contributed by atoms with E-state index in [1.54, 1.807) is 6.92 Å². The predicted molar refractivity (Wildman–Crippen MR) is 97.5 cm³/mol. The van der Waals surface area contributed by atoms with Crippen molar-refractivity contribution in [3.63, 3.8) is 0 Å². The number of esters is 1. The quantitative estimate of drug-likeness (QED) is 0.603. The first-order chi connectivity index (χ1) is 12.2. The fourth-order valence-electron chi connectivity index (χ4n) is 3.18. The molecule has 0 unspecified atom stereocenters. The van der Waals surface area contributed by atoms with Gasteiger partial charge in [0.1, 0.15) is 11.1 Å². The van der Waals surface area contributed by atoms with Gasteiger partial charge in [-0.05, 0) is 49.3 Å².